The highest BCUT2D eigenvalue weighted by Crippen LogP contribution is 2.29. The molecular weight excluding hydrogens is 244 g/mol. The van der Waals surface area contributed by atoms with Gasteiger partial charge < -0.3 is 10.1 Å². The molecule has 1 atom stereocenters. The minimum absolute atomic E-state index is 0.424. The van der Waals surface area contributed by atoms with Crippen molar-refractivity contribution in [2.45, 2.75) is 26.8 Å². The zero-order valence-corrected chi connectivity index (χ0v) is 12.2. The molecule has 18 heavy (non-hydrogen) atoms. The predicted molar refractivity (Wildman–Crippen MR) is 79.9 cm³/mol. The van der Waals surface area contributed by atoms with E-state index in [-0.39, 0.29) is 0 Å². The second-order valence-corrected chi connectivity index (χ2v) is 5.89. The highest BCUT2D eigenvalue weighted by atomic mass is 32.2. The van der Waals surface area contributed by atoms with Crippen LogP contribution in [0, 0.1) is 12.8 Å². The van der Waals surface area contributed by atoms with Gasteiger partial charge in [0.1, 0.15) is 5.75 Å². The number of benzene rings is 1. The summed E-state index contributed by atoms with van der Waals surface area (Å²) in [6, 6.07) is 6.54. The van der Waals surface area contributed by atoms with E-state index < -0.39 is 0 Å². The molecule has 2 rings (SSSR count). The molecule has 1 aliphatic rings. The van der Waals surface area contributed by atoms with Crippen molar-refractivity contribution < 1.29 is 4.74 Å². The molecule has 0 aliphatic carbocycles. The number of hydrogen-bond acceptors (Lipinski definition) is 4. The van der Waals surface area contributed by atoms with Crippen LogP contribution in [0.3, 0.4) is 0 Å². The molecule has 0 radical (unpaired) electrons. The summed E-state index contributed by atoms with van der Waals surface area (Å²) in [6.07, 6.45) is 0. The molecule has 1 aromatic rings. The van der Waals surface area contributed by atoms with Gasteiger partial charge in [-0.25, -0.2) is 0 Å². The number of ether oxygens (including phenoxy) is 1. The monoisotopic (exact) mass is 264 g/mol. The molecule has 1 unspecified atom stereocenters. The summed E-state index contributed by atoms with van der Waals surface area (Å²) in [4.78, 5) is 4.70. The number of nitrogens with zero attached hydrogens (tertiary/aromatic N) is 1. The van der Waals surface area contributed by atoms with E-state index in [0.29, 0.717) is 12.0 Å². The zero-order chi connectivity index (χ0) is 13.1. The van der Waals surface area contributed by atoms with Crippen molar-refractivity contribution in [3.63, 3.8) is 0 Å². The molecule has 1 heterocycles. The van der Waals surface area contributed by atoms with E-state index in [1.165, 1.54) is 5.56 Å². The number of anilines is 1. The van der Waals surface area contributed by atoms with E-state index in [2.05, 4.69) is 32.2 Å². The van der Waals surface area contributed by atoms with Gasteiger partial charge in [-0.3, -0.25) is 4.99 Å². The van der Waals surface area contributed by atoms with Gasteiger partial charge in [0.25, 0.3) is 0 Å². The smallest absolute Gasteiger partial charge is 0.161 e. The van der Waals surface area contributed by atoms with Gasteiger partial charge in [0.15, 0.2) is 5.17 Å². The zero-order valence-electron chi connectivity index (χ0n) is 11.4. The first-order chi connectivity index (χ1) is 8.60. The van der Waals surface area contributed by atoms with Crippen molar-refractivity contribution in [3.8, 4) is 5.75 Å². The number of thioether (sulfide) groups is 1. The number of rotatable bonds is 3. The quantitative estimate of drug-likeness (QED) is 0.906. The van der Waals surface area contributed by atoms with Crippen molar-refractivity contribution in [1.29, 1.82) is 0 Å². The minimum atomic E-state index is 0.424. The number of methoxy groups -OCH3 is 1. The molecule has 0 amide bonds. The number of amidine groups is 1. The third-order valence-electron chi connectivity index (χ3n) is 3.04. The Kier molecular flexibility index (Phi) is 4.17. The highest BCUT2D eigenvalue weighted by Gasteiger charge is 2.21. The lowest BCUT2D eigenvalue weighted by Gasteiger charge is -2.11. The van der Waals surface area contributed by atoms with E-state index >= 15 is 0 Å². The Morgan fingerprint density at radius 1 is 1.44 bits per heavy atom. The first-order valence-corrected chi connectivity index (χ1v) is 7.21. The molecule has 4 heteroatoms. The maximum Gasteiger partial charge on any atom is 0.161 e. The summed E-state index contributed by atoms with van der Waals surface area (Å²) in [6.45, 7) is 6.50. The van der Waals surface area contributed by atoms with Crippen LogP contribution in [0.1, 0.15) is 19.4 Å². The van der Waals surface area contributed by atoms with E-state index in [1.54, 1.807) is 18.9 Å². The molecule has 0 bridgehead atoms. The third-order valence-corrected chi connectivity index (χ3v) is 4.03. The molecular formula is C14H20N2OS. The first kappa shape index (κ1) is 13.3. The average Bonchev–Trinajstić information content (AvgIpc) is 2.78. The summed E-state index contributed by atoms with van der Waals surface area (Å²) < 4.78 is 5.36. The normalized spacial score (nSPS) is 18.9. The van der Waals surface area contributed by atoms with Gasteiger partial charge in [-0.2, -0.15) is 0 Å². The standard InChI is InChI=1S/C14H20N2OS/c1-9(2)12-8-18-14(16-12)15-11-7-10(3)5-6-13(11)17-4/h5-7,9,12H,8H2,1-4H3,(H,15,16). The fraction of sp³-hybridized carbons (Fsp3) is 0.500. The van der Waals surface area contributed by atoms with E-state index in [1.807, 2.05) is 12.1 Å². The Labute approximate surface area is 113 Å². The number of nitrogens with one attached hydrogen (secondary N) is 1. The van der Waals surface area contributed by atoms with Gasteiger partial charge in [0.05, 0.1) is 18.8 Å². The lowest BCUT2D eigenvalue weighted by molar-refractivity contribution is 0.417. The van der Waals surface area contributed by atoms with Gasteiger partial charge in [-0.15, -0.1) is 0 Å². The van der Waals surface area contributed by atoms with Crippen LogP contribution in [0.4, 0.5) is 5.69 Å². The Morgan fingerprint density at radius 2 is 2.22 bits per heavy atom. The van der Waals surface area contributed by atoms with Crippen LogP contribution in [0.2, 0.25) is 0 Å². The second-order valence-electron chi connectivity index (χ2n) is 4.89. The van der Waals surface area contributed by atoms with Crippen LogP contribution in [-0.2, 0) is 0 Å². The topological polar surface area (TPSA) is 33.6 Å². The maximum atomic E-state index is 5.36. The SMILES string of the molecule is COc1ccc(C)cc1NC1=NC(C(C)C)CS1. The minimum Gasteiger partial charge on any atom is -0.495 e. The van der Waals surface area contributed by atoms with Gasteiger partial charge in [0.2, 0.25) is 0 Å². The number of hydrogen-bond donors (Lipinski definition) is 1. The second kappa shape index (κ2) is 5.65. The molecule has 0 saturated carbocycles. The van der Waals surface area contributed by atoms with Crippen molar-refractivity contribution in [2.24, 2.45) is 10.9 Å². The van der Waals surface area contributed by atoms with E-state index in [9.17, 15) is 0 Å². The highest BCUT2D eigenvalue weighted by molar-refractivity contribution is 8.14. The largest absolute Gasteiger partial charge is 0.495 e. The Bertz CT molecular complexity index is 457. The molecule has 0 fully saturated rings. The van der Waals surface area contributed by atoms with Crippen molar-refractivity contribution in [2.75, 3.05) is 18.2 Å². The van der Waals surface area contributed by atoms with Crippen molar-refractivity contribution >= 4 is 22.6 Å². The van der Waals surface area contributed by atoms with Crippen LogP contribution in [0.5, 0.6) is 5.75 Å². The molecule has 0 aromatic heterocycles. The van der Waals surface area contributed by atoms with Crippen LogP contribution in [0.25, 0.3) is 0 Å². The molecule has 98 valence electrons. The molecule has 3 nitrogen and oxygen atoms in total. The summed E-state index contributed by atoms with van der Waals surface area (Å²) >= 11 is 1.78. The summed E-state index contributed by atoms with van der Waals surface area (Å²) in [5.41, 5.74) is 2.20. The predicted octanol–water partition coefficient (Wildman–Crippen LogP) is 3.54. The Hall–Kier alpha value is -1.16. The molecule has 0 saturated heterocycles. The fourth-order valence-electron chi connectivity index (χ4n) is 1.83. The van der Waals surface area contributed by atoms with Gasteiger partial charge >= 0.3 is 0 Å². The molecule has 0 spiro atoms. The van der Waals surface area contributed by atoms with Crippen LogP contribution in [-0.4, -0.2) is 24.1 Å². The van der Waals surface area contributed by atoms with Crippen molar-refractivity contribution in [3.05, 3.63) is 23.8 Å². The summed E-state index contributed by atoms with van der Waals surface area (Å²) in [7, 11) is 1.69. The lowest BCUT2D eigenvalue weighted by atomic mass is 10.1. The van der Waals surface area contributed by atoms with Crippen LogP contribution < -0.4 is 10.1 Å². The van der Waals surface area contributed by atoms with Gasteiger partial charge in [-0.05, 0) is 30.5 Å². The fourth-order valence-corrected chi connectivity index (χ4v) is 3.01. The molecule has 1 aromatic carbocycles. The van der Waals surface area contributed by atoms with Crippen LogP contribution >= 0.6 is 11.8 Å². The van der Waals surface area contributed by atoms with E-state index in [0.717, 1.165) is 22.4 Å². The Morgan fingerprint density at radius 3 is 2.83 bits per heavy atom. The summed E-state index contributed by atoms with van der Waals surface area (Å²) in [5.74, 6) is 2.52. The van der Waals surface area contributed by atoms with E-state index in [4.69, 9.17) is 9.73 Å². The lowest BCUT2D eigenvalue weighted by Crippen LogP contribution is -2.12. The van der Waals surface area contributed by atoms with Crippen LogP contribution in [0.15, 0.2) is 23.2 Å². The van der Waals surface area contributed by atoms with Gasteiger partial charge in [0, 0.05) is 5.75 Å². The molecule has 1 N–H and O–H groups in total. The van der Waals surface area contributed by atoms with Gasteiger partial charge in [-0.1, -0.05) is 31.7 Å². The Balaban J connectivity index is 2.15. The first-order valence-electron chi connectivity index (χ1n) is 6.22. The summed E-state index contributed by atoms with van der Waals surface area (Å²) in [5, 5.41) is 4.37. The molecule has 1 aliphatic heterocycles. The number of aryl methyl sites for hydroxylation is 1. The average molecular weight is 264 g/mol. The van der Waals surface area contributed by atoms with Crippen molar-refractivity contribution in [1.82, 2.24) is 0 Å². The third kappa shape index (κ3) is 2.99. The number of aliphatic imine (C=N–C) groups is 1. The maximum absolute atomic E-state index is 5.36.